The molecule has 1 fully saturated rings. The molecule has 0 bridgehead atoms. The number of pyridine rings is 1. The quantitative estimate of drug-likeness (QED) is 0.685. The fourth-order valence-electron chi connectivity index (χ4n) is 4.40. The number of amides is 1. The zero-order chi connectivity index (χ0) is 22.0. The van der Waals surface area contributed by atoms with Crippen LogP contribution in [-0.4, -0.2) is 36.7 Å². The van der Waals surface area contributed by atoms with Gasteiger partial charge in [0.15, 0.2) is 0 Å². The highest BCUT2D eigenvalue weighted by Crippen LogP contribution is 2.28. The molecule has 4 rings (SSSR count). The Morgan fingerprint density at radius 3 is 2.55 bits per heavy atom. The first-order valence-electron chi connectivity index (χ1n) is 10.8. The molecule has 8 nitrogen and oxygen atoms in total. The number of hydrogen-bond acceptors (Lipinski definition) is 5. The number of tetrazole rings is 1. The van der Waals surface area contributed by atoms with Gasteiger partial charge >= 0.3 is 0 Å². The van der Waals surface area contributed by atoms with Crippen molar-refractivity contribution in [2.75, 3.05) is 0 Å². The van der Waals surface area contributed by atoms with E-state index in [1.165, 1.54) is 0 Å². The lowest BCUT2D eigenvalue weighted by Crippen LogP contribution is -2.41. The van der Waals surface area contributed by atoms with Crippen LogP contribution in [-0.2, 0) is 13.5 Å². The van der Waals surface area contributed by atoms with Crippen molar-refractivity contribution in [1.82, 2.24) is 30.1 Å². The molecule has 1 saturated carbocycles. The maximum absolute atomic E-state index is 12.8. The highest BCUT2D eigenvalue weighted by atomic mass is 16.2. The number of hydrogen-bond donors (Lipinski definition) is 1. The van der Waals surface area contributed by atoms with E-state index >= 15 is 0 Å². The predicted molar refractivity (Wildman–Crippen MR) is 118 cm³/mol. The Labute approximate surface area is 181 Å². The van der Waals surface area contributed by atoms with Crippen molar-refractivity contribution in [3.63, 3.8) is 0 Å². The summed E-state index contributed by atoms with van der Waals surface area (Å²) in [6.07, 6.45) is 4.07. The average Bonchev–Trinajstić information content (AvgIpc) is 3.28. The van der Waals surface area contributed by atoms with E-state index in [-0.39, 0.29) is 29.1 Å². The SMILES string of the molecule is CCc1c(C)cc(C(=O)NC2CCC(n3nnc(-c4ccccc4)n3)CC2)c(=O)n1C. The van der Waals surface area contributed by atoms with Gasteiger partial charge in [-0.05, 0) is 55.9 Å². The third-order valence-electron chi connectivity index (χ3n) is 6.15. The second-order valence-corrected chi connectivity index (χ2v) is 8.18. The van der Waals surface area contributed by atoms with E-state index in [1.807, 2.05) is 44.2 Å². The Morgan fingerprint density at radius 1 is 1.16 bits per heavy atom. The second kappa shape index (κ2) is 8.83. The lowest BCUT2D eigenvalue weighted by molar-refractivity contribution is 0.0918. The summed E-state index contributed by atoms with van der Waals surface area (Å²) in [6, 6.07) is 11.7. The standard InChI is InChI=1S/C23H28N6O2/c1-4-20-15(2)14-19(23(31)28(20)3)22(30)24-17-10-12-18(13-11-17)29-26-21(25-27-29)16-8-6-5-7-9-16/h5-9,14,17-18H,4,10-13H2,1-3H3,(H,24,30). The summed E-state index contributed by atoms with van der Waals surface area (Å²) < 4.78 is 1.59. The minimum absolute atomic E-state index is 0.0386. The van der Waals surface area contributed by atoms with Crippen molar-refractivity contribution < 1.29 is 4.79 Å². The van der Waals surface area contributed by atoms with Gasteiger partial charge in [0.1, 0.15) is 5.56 Å². The minimum atomic E-state index is -0.292. The first kappa shape index (κ1) is 21.0. The molecule has 1 amide bonds. The van der Waals surface area contributed by atoms with Crippen molar-refractivity contribution in [3.8, 4) is 11.4 Å². The molecular formula is C23H28N6O2. The summed E-state index contributed by atoms with van der Waals surface area (Å²) in [6.45, 7) is 3.95. The maximum atomic E-state index is 12.8. The molecule has 1 aliphatic carbocycles. The molecule has 31 heavy (non-hydrogen) atoms. The smallest absolute Gasteiger partial charge is 0.263 e. The Hall–Kier alpha value is -3.29. The molecule has 0 radical (unpaired) electrons. The van der Waals surface area contributed by atoms with Crippen molar-refractivity contribution in [2.24, 2.45) is 7.05 Å². The number of aromatic nitrogens is 5. The fourth-order valence-corrected chi connectivity index (χ4v) is 4.40. The van der Waals surface area contributed by atoms with Gasteiger partial charge in [0.05, 0.1) is 6.04 Å². The summed E-state index contributed by atoms with van der Waals surface area (Å²) in [7, 11) is 1.73. The van der Waals surface area contributed by atoms with Gasteiger partial charge in [-0.15, -0.1) is 10.2 Å². The Bertz CT molecular complexity index is 1130. The fraction of sp³-hybridized carbons (Fsp3) is 0.435. The van der Waals surface area contributed by atoms with Crippen LogP contribution in [0.5, 0.6) is 0 Å². The van der Waals surface area contributed by atoms with Crippen LogP contribution >= 0.6 is 0 Å². The molecule has 0 saturated heterocycles. The lowest BCUT2D eigenvalue weighted by atomic mass is 9.91. The second-order valence-electron chi connectivity index (χ2n) is 8.18. The number of nitrogens with zero attached hydrogens (tertiary/aromatic N) is 5. The van der Waals surface area contributed by atoms with Crippen LogP contribution in [0.3, 0.4) is 0 Å². The first-order chi connectivity index (χ1) is 15.0. The van der Waals surface area contributed by atoms with Gasteiger partial charge in [0.2, 0.25) is 5.82 Å². The molecule has 1 aromatic carbocycles. The molecule has 2 heterocycles. The van der Waals surface area contributed by atoms with Crippen LogP contribution in [0, 0.1) is 6.92 Å². The molecule has 8 heteroatoms. The molecular weight excluding hydrogens is 392 g/mol. The lowest BCUT2D eigenvalue weighted by Gasteiger charge is -2.28. The van der Waals surface area contributed by atoms with Gasteiger partial charge in [-0.25, -0.2) is 0 Å². The largest absolute Gasteiger partial charge is 0.349 e. The highest BCUT2D eigenvalue weighted by Gasteiger charge is 2.26. The topological polar surface area (TPSA) is 94.7 Å². The Balaban J connectivity index is 1.38. The van der Waals surface area contributed by atoms with E-state index < -0.39 is 0 Å². The van der Waals surface area contributed by atoms with Gasteiger partial charge in [-0.1, -0.05) is 37.3 Å². The minimum Gasteiger partial charge on any atom is -0.349 e. The Kier molecular flexibility index (Phi) is 5.97. The first-order valence-corrected chi connectivity index (χ1v) is 10.8. The molecule has 1 aliphatic rings. The summed E-state index contributed by atoms with van der Waals surface area (Å²) >= 11 is 0. The summed E-state index contributed by atoms with van der Waals surface area (Å²) in [5.41, 5.74) is 2.83. The third kappa shape index (κ3) is 4.28. The molecule has 0 spiro atoms. The monoisotopic (exact) mass is 420 g/mol. The number of aryl methyl sites for hydroxylation is 1. The van der Waals surface area contributed by atoms with Gasteiger partial charge in [0, 0.05) is 24.3 Å². The number of rotatable bonds is 5. The van der Waals surface area contributed by atoms with Crippen LogP contribution < -0.4 is 10.9 Å². The van der Waals surface area contributed by atoms with E-state index in [0.717, 1.165) is 48.9 Å². The van der Waals surface area contributed by atoms with E-state index in [9.17, 15) is 9.59 Å². The van der Waals surface area contributed by atoms with Gasteiger partial charge in [-0.3, -0.25) is 9.59 Å². The van der Waals surface area contributed by atoms with Crippen LogP contribution in [0.2, 0.25) is 0 Å². The third-order valence-corrected chi connectivity index (χ3v) is 6.15. The predicted octanol–water partition coefficient (Wildman–Crippen LogP) is 2.82. The number of carbonyl (C=O) groups excluding carboxylic acids is 1. The van der Waals surface area contributed by atoms with E-state index in [1.54, 1.807) is 22.5 Å². The van der Waals surface area contributed by atoms with Crippen molar-refractivity contribution >= 4 is 5.91 Å². The van der Waals surface area contributed by atoms with Crippen LogP contribution in [0.15, 0.2) is 41.2 Å². The molecule has 3 aromatic rings. The molecule has 0 unspecified atom stereocenters. The molecule has 162 valence electrons. The number of benzene rings is 1. The Morgan fingerprint density at radius 2 is 1.87 bits per heavy atom. The normalized spacial score (nSPS) is 18.7. The average molecular weight is 421 g/mol. The number of carbonyl (C=O) groups is 1. The van der Waals surface area contributed by atoms with Crippen LogP contribution in [0.4, 0.5) is 0 Å². The van der Waals surface area contributed by atoms with Gasteiger partial charge < -0.3 is 9.88 Å². The zero-order valence-corrected chi connectivity index (χ0v) is 18.2. The van der Waals surface area contributed by atoms with Crippen LogP contribution in [0.25, 0.3) is 11.4 Å². The van der Waals surface area contributed by atoms with Crippen molar-refractivity contribution in [3.05, 3.63) is 63.6 Å². The van der Waals surface area contributed by atoms with Gasteiger partial charge in [0.25, 0.3) is 11.5 Å². The number of nitrogens with one attached hydrogen (secondary N) is 1. The summed E-state index contributed by atoms with van der Waals surface area (Å²) in [5, 5.41) is 16.0. The molecule has 0 aliphatic heterocycles. The van der Waals surface area contributed by atoms with E-state index in [4.69, 9.17) is 0 Å². The highest BCUT2D eigenvalue weighted by molar-refractivity contribution is 5.94. The van der Waals surface area contributed by atoms with Crippen molar-refractivity contribution in [1.29, 1.82) is 0 Å². The summed E-state index contributed by atoms with van der Waals surface area (Å²) in [4.78, 5) is 27.1. The van der Waals surface area contributed by atoms with E-state index in [0.29, 0.717) is 5.82 Å². The van der Waals surface area contributed by atoms with E-state index in [2.05, 4.69) is 20.7 Å². The zero-order valence-electron chi connectivity index (χ0n) is 18.2. The molecule has 1 N–H and O–H groups in total. The molecule has 2 aromatic heterocycles. The molecule has 0 atom stereocenters. The maximum Gasteiger partial charge on any atom is 0.263 e. The van der Waals surface area contributed by atoms with Gasteiger partial charge in [-0.2, -0.15) is 4.80 Å². The van der Waals surface area contributed by atoms with Crippen LogP contribution in [0.1, 0.15) is 60.3 Å². The van der Waals surface area contributed by atoms with Crippen molar-refractivity contribution in [2.45, 2.75) is 58.0 Å². The summed E-state index contributed by atoms with van der Waals surface area (Å²) in [5.74, 6) is 0.331.